The highest BCUT2D eigenvalue weighted by atomic mass is 16.3. The van der Waals surface area contributed by atoms with Gasteiger partial charge in [-0.25, -0.2) is 0 Å². The molecule has 22 heavy (non-hydrogen) atoms. The van der Waals surface area contributed by atoms with E-state index in [1.165, 1.54) is 76.5 Å². The molecule has 130 valence electrons. The van der Waals surface area contributed by atoms with Gasteiger partial charge < -0.3 is 5.11 Å². The molecule has 1 aliphatic heterocycles. The molecule has 0 radical (unpaired) electrons. The summed E-state index contributed by atoms with van der Waals surface area (Å²) in [5, 5.41) is 12.7. The van der Waals surface area contributed by atoms with Crippen molar-refractivity contribution in [3.63, 3.8) is 0 Å². The van der Waals surface area contributed by atoms with Crippen LogP contribution in [0.25, 0.3) is 0 Å². The van der Waals surface area contributed by atoms with Crippen LogP contribution < -0.4 is 5.32 Å². The summed E-state index contributed by atoms with van der Waals surface area (Å²) in [6, 6.07) is 0.608. The monoisotopic (exact) mass is 311 g/mol. The molecule has 2 N–H and O–H groups in total. The van der Waals surface area contributed by atoms with Crippen LogP contribution in [0.4, 0.5) is 0 Å². The minimum absolute atomic E-state index is 0.264. The van der Waals surface area contributed by atoms with Gasteiger partial charge in [0.15, 0.2) is 0 Å². The Kier molecular flexibility index (Phi) is 11.4. The zero-order chi connectivity index (χ0) is 16.0. The molecule has 0 saturated carbocycles. The maximum atomic E-state index is 9.22. The van der Waals surface area contributed by atoms with Crippen molar-refractivity contribution in [2.75, 3.05) is 19.7 Å². The highest BCUT2D eigenvalue weighted by Gasteiger charge is 2.29. The maximum absolute atomic E-state index is 9.22. The van der Waals surface area contributed by atoms with Gasteiger partial charge in [-0.15, -0.1) is 0 Å². The lowest BCUT2D eigenvalue weighted by atomic mass is 10.0. The van der Waals surface area contributed by atoms with Crippen LogP contribution in [0.15, 0.2) is 0 Å². The number of hydrogen-bond acceptors (Lipinski definition) is 2. The van der Waals surface area contributed by atoms with Gasteiger partial charge in [0, 0.05) is 6.42 Å². The minimum atomic E-state index is 0.264. The van der Waals surface area contributed by atoms with E-state index in [9.17, 15) is 5.11 Å². The number of amidine groups is 1. The predicted octanol–water partition coefficient (Wildman–Crippen LogP) is 4.08. The molecule has 0 amide bonds. The number of β-amino-alcohol motifs (C(OH)–C–C–N with tert-alkyl or cyclic N) is 1. The van der Waals surface area contributed by atoms with Crippen LogP contribution >= 0.6 is 0 Å². The van der Waals surface area contributed by atoms with Crippen LogP contribution in [0.5, 0.6) is 0 Å². The van der Waals surface area contributed by atoms with Gasteiger partial charge in [0.2, 0.25) is 5.84 Å². The molecule has 0 aliphatic carbocycles. The number of rotatable bonds is 14. The smallest absolute Gasteiger partial charge is 0.244 e. The average Bonchev–Trinajstić information content (AvgIpc) is 2.92. The lowest BCUT2D eigenvalue weighted by Crippen LogP contribution is -2.29. The van der Waals surface area contributed by atoms with Crippen LogP contribution in [0, 0.1) is 0 Å². The Hall–Kier alpha value is -0.570. The summed E-state index contributed by atoms with van der Waals surface area (Å²) in [6.45, 7) is 6.59. The molecule has 0 saturated heterocycles. The molecule has 0 aromatic carbocycles. The van der Waals surface area contributed by atoms with Crippen LogP contribution in [0.2, 0.25) is 0 Å². The summed E-state index contributed by atoms with van der Waals surface area (Å²) in [5.74, 6) is 1.33. The Morgan fingerprint density at radius 1 is 0.955 bits per heavy atom. The van der Waals surface area contributed by atoms with Gasteiger partial charge in [-0.05, 0) is 12.8 Å². The Morgan fingerprint density at radius 2 is 1.55 bits per heavy atom. The standard InChI is InChI=1S/C19H38N2O/c1-3-5-6-7-8-9-10-11-12-13-14-18-17-20-19(4-2)21(18)15-16-22/h18,22H,3-17H2,1-2H3/p+1. The van der Waals surface area contributed by atoms with Crippen LogP contribution in [0.1, 0.15) is 90.9 Å². The van der Waals surface area contributed by atoms with E-state index in [2.05, 4.69) is 23.7 Å². The fourth-order valence-electron chi connectivity index (χ4n) is 3.55. The fraction of sp³-hybridized carbons (Fsp3) is 0.947. The van der Waals surface area contributed by atoms with E-state index in [-0.39, 0.29) is 6.61 Å². The minimum Gasteiger partial charge on any atom is -0.392 e. The second kappa shape index (κ2) is 12.9. The van der Waals surface area contributed by atoms with Gasteiger partial charge in [0.25, 0.3) is 0 Å². The Bertz CT molecular complexity index is 302. The van der Waals surface area contributed by atoms with Gasteiger partial charge >= 0.3 is 0 Å². The van der Waals surface area contributed by atoms with Gasteiger partial charge in [-0.3, -0.25) is 9.89 Å². The number of unbranched alkanes of at least 4 members (excludes halogenated alkanes) is 9. The molecule has 1 heterocycles. The number of nitrogens with one attached hydrogen (secondary N) is 1. The van der Waals surface area contributed by atoms with Crippen molar-refractivity contribution in [1.29, 1.82) is 0 Å². The largest absolute Gasteiger partial charge is 0.392 e. The number of aliphatic hydroxyl groups is 1. The van der Waals surface area contributed by atoms with E-state index >= 15 is 0 Å². The highest BCUT2D eigenvalue weighted by molar-refractivity contribution is 5.78. The Labute approximate surface area is 138 Å². The molecule has 0 fully saturated rings. The average molecular weight is 312 g/mol. The molecule has 1 aliphatic rings. The van der Waals surface area contributed by atoms with Gasteiger partial charge in [-0.2, -0.15) is 0 Å². The molecule has 0 bridgehead atoms. The molecular weight excluding hydrogens is 272 g/mol. The molecule has 3 heteroatoms. The SMILES string of the molecule is CCCCCCCCCCCCC1CNC(CC)=[N+]1CCO. The quantitative estimate of drug-likeness (QED) is 0.374. The van der Waals surface area contributed by atoms with Crippen molar-refractivity contribution in [2.45, 2.75) is 96.9 Å². The van der Waals surface area contributed by atoms with E-state index in [1.54, 1.807) is 0 Å². The topological polar surface area (TPSA) is 35.3 Å². The summed E-state index contributed by atoms with van der Waals surface area (Å²) in [7, 11) is 0. The van der Waals surface area contributed by atoms with Gasteiger partial charge in [-0.1, -0.05) is 71.6 Å². The lowest BCUT2D eigenvalue weighted by molar-refractivity contribution is -0.559. The predicted molar refractivity (Wildman–Crippen MR) is 95.8 cm³/mol. The number of hydrogen-bond donors (Lipinski definition) is 2. The third kappa shape index (κ3) is 7.62. The van der Waals surface area contributed by atoms with E-state index in [0.29, 0.717) is 6.04 Å². The van der Waals surface area contributed by atoms with Crippen molar-refractivity contribution in [3.8, 4) is 0 Å². The van der Waals surface area contributed by atoms with Gasteiger partial charge in [0.05, 0.1) is 6.61 Å². The zero-order valence-corrected chi connectivity index (χ0v) is 15.1. The van der Waals surface area contributed by atoms with Crippen molar-refractivity contribution in [3.05, 3.63) is 0 Å². The van der Waals surface area contributed by atoms with Crippen LogP contribution in [-0.2, 0) is 0 Å². The second-order valence-corrected chi connectivity index (χ2v) is 6.72. The lowest BCUT2D eigenvalue weighted by Gasteiger charge is -2.11. The van der Waals surface area contributed by atoms with E-state index in [1.807, 2.05) is 0 Å². The van der Waals surface area contributed by atoms with Crippen LogP contribution in [0.3, 0.4) is 0 Å². The van der Waals surface area contributed by atoms with Crippen molar-refractivity contribution < 1.29 is 9.68 Å². The highest BCUT2D eigenvalue weighted by Crippen LogP contribution is 2.14. The Balaban J connectivity index is 2.01. The second-order valence-electron chi connectivity index (χ2n) is 6.72. The first-order chi connectivity index (χ1) is 10.8. The summed E-state index contributed by atoms with van der Waals surface area (Å²) >= 11 is 0. The summed E-state index contributed by atoms with van der Waals surface area (Å²) < 4.78 is 2.40. The number of nitrogens with zero attached hydrogens (tertiary/aromatic N) is 1. The summed E-state index contributed by atoms with van der Waals surface area (Å²) in [6.07, 6.45) is 16.3. The summed E-state index contributed by atoms with van der Waals surface area (Å²) in [4.78, 5) is 0. The molecule has 1 atom stereocenters. The van der Waals surface area contributed by atoms with Crippen molar-refractivity contribution in [1.82, 2.24) is 5.32 Å². The van der Waals surface area contributed by atoms with E-state index < -0.39 is 0 Å². The van der Waals surface area contributed by atoms with Gasteiger partial charge in [0.1, 0.15) is 19.1 Å². The zero-order valence-electron chi connectivity index (χ0n) is 15.1. The first-order valence-electron chi connectivity index (χ1n) is 9.80. The van der Waals surface area contributed by atoms with E-state index in [0.717, 1.165) is 19.5 Å². The molecule has 0 aromatic heterocycles. The summed E-state index contributed by atoms with van der Waals surface area (Å²) in [5.41, 5.74) is 0. The molecule has 0 aromatic rings. The Morgan fingerprint density at radius 3 is 2.09 bits per heavy atom. The third-order valence-electron chi connectivity index (χ3n) is 4.90. The maximum Gasteiger partial charge on any atom is 0.244 e. The molecule has 1 unspecified atom stereocenters. The fourth-order valence-corrected chi connectivity index (χ4v) is 3.55. The number of aliphatic hydroxyl groups excluding tert-OH is 1. The molecule has 3 nitrogen and oxygen atoms in total. The van der Waals surface area contributed by atoms with E-state index in [4.69, 9.17) is 0 Å². The molecule has 1 rings (SSSR count). The van der Waals surface area contributed by atoms with Crippen molar-refractivity contribution in [2.24, 2.45) is 0 Å². The first-order valence-corrected chi connectivity index (χ1v) is 9.80. The molecular formula is C19H39N2O+. The van der Waals surface area contributed by atoms with Crippen molar-refractivity contribution >= 4 is 5.84 Å². The first kappa shape index (κ1) is 19.5. The molecule has 0 spiro atoms. The normalized spacial score (nSPS) is 18.0. The third-order valence-corrected chi connectivity index (χ3v) is 4.90. The van der Waals surface area contributed by atoms with Crippen LogP contribution in [-0.4, -0.2) is 41.3 Å².